The highest BCUT2D eigenvalue weighted by Crippen LogP contribution is 2.31. The number of carbonyl (C=O) groups excluding carboxylic acids is 4. The van der Waals surface area contributed by atoms with Gasteiger partial charge in [-0.1, -0.05) is 64.8 Å². The molecule has 1 aliphatic carbocycles. The number of ether oxygens (including phenoxy) is 2. The maximum Gasteiger partial charge on any atom is 0.543 e. The molecule has 1 fully saturated rings. The van der Waals surface area contributed by atoms with E-state index in [4.69, 9.17) is 9.47 Å². The molecule has 2 atom stereocenters. The van der Waals surface area contributed by atoms with Crippen LogP contribution < -0.4 is 0 Å². The molecule has 0 aromatic heterocycles. The minimum absolute atomic E-state index is 0.0421. The summed E-state index contributed by atoms with van der Waals surface area (Å²) in [6, 6.07) is 13.5. The van der Waals surface area contributed by atoms with E-state index in [1.54, 1.807) is 48.5 Å². The summed E-state index contributed by atoms with van der Waals surface area (Å²) in [4.78, 5) is 65.5. The third-order valence-electron chi connectivity index (χ3n) is 6.95. The predicted octanol–water partition coefficient (Wildman–Crippen LogP) is 6.75. The van der Waals surface area contributed by atoms with Gasteiger partial charge in [-0.25, -0.2) is 29.0 Å². The van der Waals surface area contributed by atoms with E-state index in [1.165, 1.54) is 0 Å². The zero-order valence-electron chi connectivity index (χ0n) is 24.1. The fourth-order valence-corrected chi connectivity index (χ4v) is 4.38. The molecule has 2 unspecified atom stereocenters. The van der Waals surface area contributed by atoms with E-state index in [0.29, 0.717) is 24.7 Å². The van der Waals surface area contributed by atoms with Gasteiger partial charge in [0.1, 0.15) is 0 Å². The quantitative estimate of drug-likeness (QED) is 0.147. The highest BCUT2D eigenvalue weighted by Gasteiger charge is 2.29. The first-order chi connectivity index (χ1) is 20.1. The summed E-state index contributed by atoms with van der Waals surface area (Å²) < 4.78 is 10.1. The van der Waals surface area contributed by atoms with Crippen molar-refractivity contribution in [2.45, 2.75) is 65.2 Å². The fourth-order valence-electron chi connectivity index (χ4n) is 4.38. The van der Waals surface area contributed by atoms with E-state index < -0.39 is 24.2 Å². The van der Waals surface area contributed by atoms with Crippen molar-refractivity contribution in [1.82, 2.24) is 0 Å². The number of carbonyl (C=O) groups is 4. The minimum atomic E-state index is -1.20. The van der Waals surface area contributed by atoms with Gasteiger partial charge in [-0.3, -0.25) is 9.78 Å². The predicted molar refractivity (Wildman–Crippen MR) is 144 cm³/mol. The molecule has 0 heterocycles. The molecule has 0 amide bonds. The van der Waals surface area contributed by atoms with Crippen LogP contribution in [0.4, 0.5) is 9.59 Å². The molecular formula is C30H36O12. The van der Waals surface area contributed by atoms with E-state index in [2.05, 4.69) is 29.6 Å². The van der Waals surface area contributed by atoms with Gasteiger partial charge in [0.15, 0.2) is 0 Å². The van der Waals surface area contributed by atoms with Crippen molar-refractivity contribution in [3.05, 3.63) is 70.8 Å². The maximum absolute atomic E-state index is 12.0. The first kappa shape index (κ1) is 32.4. The lowest BCUT2D eigenvalue weighted by molar-refractivity contribution is -0.453. The summed E-state index contributed by atoms with van der Waals surface area (Å²) in [5.41, 5.74) is 2.54. The molecule has 12 heteroatoms. The molecule has 1 saturated carbocycles. The standard InChI is InChI=1S/C30H36O12/c1-19(2)21-9-13-23(14-10-21)27(31)37-41-39-29(33)35-17-25-7-5-6-8-26(25)18-36-30(34)40-42-38-28(32)24-15-11-22(12-16-24)20(3)4/h9-16,19-20,25-26H,5-8,17-18H2,1-4H3. The van der Waals surface area contributed by atoms with Crippen LogP contribution in [0.3, 0.4) is 0 Å². The third-order valence-corrected chi connectivity index (χ3v) is 6.95. The number of benzene rings is 2. The van der Waals surface area contributed by atoms with Gasteiger partial charge >= 0.3 is 24.2 Å². The molecule has 0 bridgehead atoms. The topological polar surface area (TPSA) is 142 Å². The smallest absolute Gasteiger partial charge is 0.432 e. The second-order valence-corrected chi connectivity index (χ2v) is 10.5. The van der Waals surface area contributed by atoms with Crippen LogP contribution in [0.15, 0.2) is 48.5 Å². The summed E-state index contributed by atoms with van der Waals surface area (Å²) in [7, 11) is 0. The molecule has 228 valence electrons. The largest absolute Gasteiger partial charge is 0.543 e. The van der Waals surface area contributed by atoms with Gasteiger partial charge in [0.2, 0.25) is 0 Å². The molecule has 12 nitrogen and oxygen atoms in total. The minimum Gasteiger partial charge on any atom is -0.432 e. The maximum atomic E-state index is 12.0. The van der Waals surface area contributed by atoms with Crippen LogP contribution in [0.25, 0.3) is 0 Å². The molecule has 3 rings (SSSR count). The van der Waals surface area contributed by atoms with Crippen molar-refractivity contribution in [1.29, 1.82) is 0 Å². The van der Waals surface area contributed by atoms with Crippen LogP contribution in [0, 0.1) is 11.8 Å². The monoisotopic (exact) mass is 588 g/mol. The van der Waals surface area contributed by atoms with E-state index in [-0.39, 0.29) is 36.2 Å². The molecule has 1 aliphatic rings. The third kappa shape index (κ3) is 10.3. The number of rotatable bonds is 12. The van der Waals surface area contributed by atoms with Crippen LogP contribution in [-0.4, -0.2) is 37.5 Å². The second kappa shape index (κ2) is 16.3. The molecule has 2 aromatic rings. The summed E-state index contributed by atoms with van der Waals surface area (Å²) in [6.07, 6.45) is 0.814. The van der Waals surface area contributed by atoms with Crippen molar-refractivity contribution < 1.29 is 58.3 Å². The average Bonchev–Trinajstić information content (AvgIpc) is 2.99. The van der Waals surface area contributed by atoms with Crippen molar-refractivity contribution in [2.24, 2.45) is 11.8 Å². The van der Waals surface area contributed by atoms with Gasteiger partial charge in [0, 0.05) is 0 Å². The van der Waals surface area contributed by atoms with Crippen molar-refractivity contribution in [2.75, 3.05) is 13.2 Å². The molecule has 0 radical (unpaired) electrons. The van der Waals surface area contributed by atoms with E-state index >= 15 is 0 Å². The molecule has 42 heavy (non-hydrogen) atoms. The lowest BCUT2D eigenvalue weighted by Crippen LogP contribution is -2.30. The van der Waals surface area contributed by atoms with Crippen molar-refractivity contribution >= 4 is 24.2 Å². The molecular weight excluding hydrogens is 552 g/mol. The van der Waals surface area contributed by atoms with Crippen LogP contribution in [0.1, 0.15) is 97.1 Å². The lowest BCUT2D eigenvalue weighted by atomic mass is 9.80. The Morgan fingerprint density at radius 1 is 0.595 bits per heavy atom. The number of hydrogen-bond donors (Lipinski definition) is 0. The van der Waals surface area contributed by atoms with Gasteiger partial charge in [-0.15, -0.1) is 0 Å². The molecule has 0 saturated heterocycles. The normalized spacial score (nSPS) is 16.4. The average molecular weight is 589 g/mol. The fraction of sp³-hybridized carbons (Fsp3) is 0.467. The second-order valence-electron chi connectivity index (χ2n) is 10.5. The molecule has 0 spiro atoms. The summed E-state index contributed by atoms with van der Waals surface area (Å²) in [5.74, 6) is -1.36. The Kier molecular flexibility index (Phi) is 12.6. The Labute approximate surface area is 243 Å². The van der Waals surface area contributed by atoms with Crippen molar-refractivity contribution in [3.63, 3.8) is 0 Å². The zero-order chi connectivity index (χ0) is 30.5. The molecule has 2 aromatic carbocycles. The van der Waals surface area contributed by atoms with E-state index in [9.17, 15) is 19.2 Å². The van der Waals surface area contributed by atoms with Gasteiger partial charge < -0.3 is 9.47 Å². The lowest BCUT2D eigenvalue weighted by Gasteiger charge is -2.30. The summed E-state index contributed by atoms with van der Waals surface area (Å²) in [6.45, 7) is 8.02. The number of hydrogen-bond acceptors (Lipinski definition) is 12. The van der Waals surface area contributed by atoms with Crippen LogP contribution in [-0.2, 0) is 39.1 Å². The molecule has 0 aliphatic heterocycles. The van der Waals surface area contributed by atoms with Gasteiger partial charge in [0.05, 0.1) is 34.4 Å². The van der Waals surface area contributed by atoms with Gasteiger partial charge in [-0.05, 0) is 71.9 Å². The Bertz CT molecular complexity index is 1080. The Morgan fingerprint density at radius 2 is 0.952 bits per heavy atom. The van der Waals surface area contributed by atoms with Gasteiger partial charge in [0.25, 0.3) is 0 Å². The highest BCUT2D eigenvalue weighted by molar-refractivity contribution is 5.89. The Balaban J connectivity index is 1.32. The van der Waals surface area contributed by atoms with Crippen LogP contribution in [0.5, 0.6) is 0 Å². The summed E-state index contributed by atoms with van der Waals surface area (Å²) >= 11 is 0. The van der Waals surface area contributed by atoms with Crippen molar-refractivity contribution in [3.8, 4) is 0 Å². The SMILES string of the molecule is CC(C)c1ccc(C(=O)OOOC(=O)OCC2CCCCC2COC(=O)OOOC(=O)c2ccc(C(C)C)cc2)cc1. The summed E-state index contributed by atoms with van der Waals surface area (Å²) in [5, 5.41) is 8.54. The first-order valence-electron chi connectivity index (χ1n) is 13.8. The highest BCUT2D eigenvalue weighted by atomic mass is 17.5. The van der Waals surface area contributed by atoms with Gasteiger partial charge in [-0.2, -0.15) is 0 Å². The van der Waals surface area contributed by atoms with Crippen LogP contribution in [0.2, 0.25) is 0 Å². The van der Waals surface area contributed by atoms with E-state index in [1.807, 2.05) is 27.7 Å². The van der Waals surface area contributed by atoms with E-state index in [0.717, 1.165) is 24.0 Å². The zero-order valence-corrected chi connectivity index (χ0v) is 24.1. The first-order valence-corrected chi connectivity index (χ1v) is 13.8. The van der Waals surface area contributed by atoms with Crippen LogP contribution >= 0.6 is 0 Å². The Morgan fingerprint density at radius 3 is 1.29 bits per heavy atom. The Hall–Kier alpha value is -4.16. The molecule has 0 N–H and O–H groups in total.